The van der Waals surface area contributed by atoms with E-state index < -0.39 is 11.6 Å². The van der Waals surface area contributed by atoms with Crippen LogP contribution in [0.25, 0.3) is 0 Å². The predicted molar refractivity (Wildman–Crippen MR) is 65.5 cm³/mol. The topological polar surface area (TPSA) is 66.0 Å². The molecule has 102 valence electrons. The standard InChI is InChI=1S/C12H14F2N4O/c1-7(2)18-12(16-6-17-18)5-19-11-4-8(13)10(15)3-9(11)14/h3-4,6-7H,5,15H2,1-2H3. The Hall–Kier alpha value is -2.18. The monoisotopic (exact) mass is 268 g/mol. The smallest absolute Gasteiger partial charge is 0.167 e. The molecular formula is C12H14F2N4O. The second kappa shape index (κ2) is 5.21. The van der Waals surface area contributed by atoms with E-state index in [0.717, 1.165) is 12.1 Å². The van der Waals surface area contributed by atoms with Crippen molar-refractivity contribution < 1.29 is 13.5 Å². The van der Waals surface area contributed by atoms with E-state index in [1.807, 2.05) is 13.8 Å². The van der Waals surface area contributed by atoms with Gasteiger partial charge < -0.3 is 10.5 Å². The van der Waals surface area contributed by atoms with Gasteiger partial charge in [0.25, 0.3) is 0 Å². The van der Waals surface area contributed by atoms with Crippen molar-refractivity contribution in [2.45, 2.75) is 26.5 Å². The first-order chi connectivity index (χ1) is 8.99. The molecular weight excluding hydrogens is 254 g/mol. The largest absolute Gasteiger partial charge is 0.482 e. The van der Waals surface area contributed by atoms with Crippen molar-refractivity contribution >= 4 is 5.69 Å². The lowest BCUT2D eigenvalue weighted by Crippen LogP contribution is -2.11. The maximum atomic E-state index is 13.5. The third-order valence-corrected chi connectivity index (χ3v) is 2.54. The SMILES string of the molecule is CC(C)n1ncnc1COc1cc(F)c(N)cc1F. The zero-order valence-corrected chi connectivity index (χ0v) is 10.6. The van der Waals surface area contributed by atoms with Crippen molar-refractivity contribution in [3.05, 3.63) is 35.9 Å². The number of rotatable bonds is 4. The fourth-order valence-corrected chi connectivity index (χ4v) is 1.61. The highest BCUT2D eigenvalue weighted by Crippen LogP contribution is 2.23. The van der Waals surface area contributed by atoms with Crippen LogP contribution in [0.2, 0.25) is 0 Å². The predicted octanol–water partition coefficient (Wildman–Crippen LogP) is 2.30. The number of nitrogens with two attached hydrogens (primary N) is 1. The average molecular weight is 268 g/mol. The van der Waals surface area contributed by atoms with E-state index in [9.17, 15) is 8.78 Å². The quantitative estimate of drug-likeness (QED) is 0.864. The molecule has 0 atom stereocenters. The van der Waals surface area contributed by atoms with Gasteiger partial charge in [0, 0.05) is 18.2 Å². The van der Waals surface area contributed by atoms with Crippen LogP contribution in [0.5, 0.6) is 5.75 Å². The van der Waals surface area contributed by atoms with Crippen LogP contribution in [0.3, 0.4) is 0 Å². The van der Waals surface area contributed by atoms with Gasteiger partial charge in [0.1, 0.15) is 18.8 Å². The van der Waals surface area contributed by atoms with E-state index >= 15 is 0 Å². The van der Waals surface area contributed by atoms with Crippen LogP contribution in [0.1, 0.15) is 25.7 Å². The van der Waals surface area contributed by atoms with E-state index in [0.29, 0.717) is 5.82 Å². The van der Waals surface area contributed by atoms with Gasteiger partial charge in [-0.25, -0.2) is 18.4 Å². The fourth-order valence-electron chi connectivity index (χ4n) is 1.61. The van der Waals surface area contributed by atoms with Crippen molar-refractivity contribution in [1.82, 2.24) is 14.8 Å². The molecule has 5 nitrogen and oxygen atoms in total. The van der Waals surface area contributed by atoms with Gasteiger partial charge in [-0.2, -0.15) is 5.10 Å². The van der Waals surface area contributed by atoms with Crippen LogP contribution in [0.15, 0.2) is 18.5 Å². The Morgan fingerprint density at radius 3 is 2.74 bits per heavy atom. The first kappa shape index (κ1) is 13.3. The van der Waals surface area contributed by atoms with Gasteiger partial charge in [-0.3, -0.25) is 0 Å². The third kappa shape index (κ3) is 2.81. The second-order valence-electron chi connectivity index (χ2n) is 4.31. The Bertz CT molecular complexity index is 583. The molecule has 7 heteroatoms. The fraction of sp³-hybridized carbons (Fsp3) is 0.333. The van der Waals surface area contributed by atoms with Gasteiger partial charge in [-0.05, 0) is 13.8 Å². The zero-order chi connectivity index (χ0) is 14.0. The number of nitrogen functional groups attached to an aromatic ring is 1. The molecule has 0 saturated carbocycles. The molecule has 19 heavy (non-hydrogen) atoms. The Balaban J connectivity index is 2.15. The van der Waals surface area contributed by atoms with Gasteiger partial charge in [0.2, 0.25) is 0 Å². The van der Waals surface area contributed by atoms with Crippen molar-refractivity contribution in [1.29, 1.82) is 0 Å². The molecule has 1 aromatic heterocycles. The van der Waals surface area contributed by atoms with Crippen LogP contribution < -0.4 is 10.5 Å². The molecule has 0 amide bonds. The minimum atomic E-state index is -0.721. The Labute approximate surface area is 109 Å². The number of aromatic nitrogens is 3. The lowest BCUT2D eigenvalue weighted by atomic mass is 10.3. The molecule has 0 unspecified atom stereocenters. The molecule has 0 aliphatic heterocycles. The van der Waals surface area contributed by atoms with Gasteiger partial charge in [0.05, 0.1) is 5.69 Å². The minimum absolute atomic E-state index is 0.00153. The van der Waals surface area contributed by atoms with E-state index in [2.05, 4.69) is 10.1 Å². The highest BCUT2D eigenvalue weighted by Gasteiger charge is 2.12. The summed E-state index contributed by atoms with van der Waals surface area (Å²) in [7, 11) is 0. The molecule has 2 rings (SSSR count). The lowest BCUT2D eigenvalue weighted by molar-refractivity contribution is 0.268. The first-order valence-electron chi connectivity index (χ1n) is 5.74. The summed E-state index contributed by atoms with van der Waals surface area (Å²) in [4.78, 5) is 4.01. The Kier molecular flexibility index (Phi) is 3.64. The summed E-state index contributed by atoms with van der Waals surface area (Å²) < 4.78 is 33.6. The van der Waals surface area contributed by atoms with Crippen LogP contribution in [-0.2, 0) is 6.61 Å². The number of ether oxygens (including phenoxy) is 1. The molecule has 0 aliphatic carbocycles. The Morgan fingerprint density at radius 1 is 1.32 bits per heavy atom. The molecule has 0 saturated heterocycles. The maximum absolute atomic E-state index is 13.5. The van der Waals surface area contributed by atoms with Crippen LogP contribution in [0.4, 0.5) is 14.5 Å². The summed E-state index contributed by atoms with van der Waals surface area (Å²) in [5.41, 5.74) is 4.99. The lowest BCUT2D eigenvalue weighted by Gasteiger charge is -2.11. The number of halogens is 2. The van der Waals surface area contributed by atoms with E-state index in [1.54, 1.807) is 4.68 Å². The molecule has 2 aromatic rings. The highest BCUT2D eigenvalue weighted by atomic mass is 19.1. The summed E-state index contributed by atoms with van der Waals surface area (Å²) in [6.07, 6.45) is 1.39. The number of anilines is 1. The van der Waals surface area contributed by atoms with Crippen LogP contribution >= 0.6 is 0 Å². The zero-order valence-electron chi connectivity index (χ0n) is 10.6. The second-order valence-corrected chi connectivity index (χ2v) is 4.31. The van der Waals surface area contributed by atoms with Gasteiger partial charge >= 0.3 is 0 Å². The van der Waals surface area contributed by atoms with E-state index in [-0.39, 0.29) is 24.1 Å². The average Bonchev–Trinajstić information content (AvgIpc) is 2.80. The number of hydrogen-bond donors (Lipinski definition) is 1. The van der Waals surface area contributed by atoms with Gasteiger partial charge in [-0.15, -0.1) is 0 Å². The van der Waals surface area contributed by atoms with E-state index in [4.69, 9.17) is 10.5 Å². The molecule has 1 aromatic carbocycles. The normalized spacial score (nSPS) is 11.0. The molecule has 2 N–H and O–H groups in total. The summed E-state index contributed by atoms with van der Waals surface area (Å²) >= 11 is 0. The van der Waals surface area contributed by atoms with Gasteiger partial charge in [-0.1, -0.05) is 0 Å². The van der Waals surface area contributed by atoms with Gasteiger partial charge in [0.15, 0.2) is 17.4 Å². The van der Waals surface area contributed by atoms with Crippen LogP contribution in [-0.4, -0.2) is 14.8 Å². The highest BCUT2D eigenvalue weighted by molar-refractivity contribution is 5.44. The Morgan fingerprint density at radius 2 is 2.05 bits per heavy atom. The first-order valence-corrected chi connectivity index (χ1v) is 5.74. The molecule has 0 radical (unpaired) electrons. The molecule has 0 aliphatic rings. The maximum Gasteiger partial charge on any atom is 0.167 e. The summed E-state index contributed by atoms with van der Waals surface area (Å²) in [5, 5.41) is 4.02. The summed E-state index contributed by atoms with van der Waals surface area (Å²) in [6.45, 7) is 3.86. The summed E-state index contributed by atoms with van der Waals surface area (Å²) in [5.74, 6) is -1.10. The number of nitrogens with zero attached hydrogens (tertiary/aromatic N) is 3. The summed E-state index contributed by atoms with van der Waals surface area (Å²) in [6, 6.07) is 1.91. The van der Waals surface area contributed by atoms with Crippen molar-refractivity contribution in [3.8, 4) is 5.75 Å². The molecule has 0 spiro atoms. The van der Waals surface area contributed by atoms with E-state index in [1.165, 1.54) is 6.33 Å². The van der Waals surface area contributed by atoms with Crippen molar-refractivity contribution in [3.63, 3.8) is 0 Å². The van der Waals surface area contributed by atoms with Crippen molar-refractivity contribution in [2.75, 3.05) is 5.73 Å². The molecule has 1 heterocycles. The molecule has 0 bridgehead atoms. The minimum Gasteiger partial charge on any atom is -0.482 e. The van der Waals surface area contributed by atoms with Crippen LogP contribution in [0, 0.1) is 11.6 Å². The number of benzene rings is 1. The third-order valence-electron chi connectivity index (χ3n) is 2.54. The molecule has 0 fully saturated rings. The van der Waals surface area contributed by atoms with Crippen molar-refractivity contribution in [2.24, 2.45) is 0 Å². The number of hydrogen-bond acceptors (Lipinski definition) is 4.